The second-order valence-corrected chi connectivity index (χ2v) is 7.16. The van der Waals surface area contributed by atoms with E-state index in [9.17, 15) is 14.9 Å². The average Bonchev–Trinajstić information content (AvgIpc) is 3.32. The summed E-state index contributed by atoms with van der Waals surface area (Å²) in [5, 5.41) is 22.4. The Hall–Kier alpha value is -3.73. The Bertz CT molecular complexity index is 1180. The molecule has 2 N–H and O–H groups in total. The molecule has 1 amide bonds. The predicted octanol–water partition coefficient (Wildman–Crippen LogP) is 2.68. The van der Waals surface area contributed by atoms with E-state index in [1.807, 2.05) is 24.3 Å². The molecule has 29 heavy (non-hydrogen) atoms. The van der Waals surface area contributed by atoms with Gasteiger partial charge in [0.1, 0.15) is 12.2 Å². The molecule has 0 spiro atoms. The molecule has 2 aromatic carbocycles. The first kappa shape index (κ1) is 18.6. The van der Waals surface area contributed by atoms with Gasteiger partial charge in [-0.3, -0.25) is 14.9 Å². The summed E-state index contributed by atoms with van der Waals surface area (Å²) in [6.45, 7) is 0.177. The minimum Gasteiger partial charge on any atom is -0.345 e. The monoisotopic (exact) mass is 409 g/mol. The van der Waals surface area contributed by atoms with Crippen LogP contribution in [-0.4, -0.2) is 35.6 Å². The van der Waals surface area contributed by atoms with Crippen molar-refractivity contribution in [1.82, 2.24) is 30.0 Å². The molecule has 0 aliphatic carbocycles. The molecule has 0 fully saturated rings. The zero-order valence-corrected chi connectivity index (χ0v) is 16.0. The Morgan fingerprint density at radius 1 is 1.31 bits per heavy atom. The van der Waals surface area contributed by atoms with Crippen LogP contribution < -0.4 is 5.32 Å². The van der Waals surface area contributed by atoms with Crippen molar-refractivity contribution in [1.29, 1.82) is 0 Å². The van der Waals surface area contributed by atoms with Crippen molar-refractivity contribution in [3.63, 3.8) is 0 Å². The highest BCUT2D eigenvalue weighted by Crippen LogP contribution is 2.34. The van der Waals surface area contributed by atoms with Gasteiger partial charge < -0.3 is 14.9 Å². The van der Waals surface area contributed by atoms with Gasteiger partial charge in [-0.2, -0.15) is 0 Å². The van der Waals surface area contributed by atoms with E-state index < -0.39 is 10.8 Å². The smallest absolute Gasteiger partial charge is 0.284 e. The molecule has 0 saturated heterocycles. The molecule has 0 aliphatic heterocycles. The number of nitrogens with one attached hydrogen (secondary N) is 2. The topological polar surface area (TPSA) is 132 Å². The summed E-state index contributed by atoms with van der Waals surface area (Å²) in [5.41, 5.74) is 1.69. The SMILES string of the molecule is Cn1cnnc1Sc1ccc(C(=O)NCc2nc3ccccc3[nH]2)cc1[N+](=O)[O-]. The van der Waals surface area contributed by atoms with Crippen molar-refractivity contribution in [3.05, 3.63) is 70.3 Å². The standard InChI is InChI=1S/C18H15N7O3S/c1-24-10-20-23-18(24)29-15-7-6-11(8-14(15)25(27)28)17(26)19-9-16-21-12-4-2-3-5-13(12)22-16/h2-8,10H,9H2,1H3,(H,19,26)(H,21,22). The molecule has 0 radical (unpaired) electrons. The number of nitro benzene ring substituents is 1. The number of H-pyrrole nitrogens is 1. The number of rotatable bonds is 6. The molecule has 10 nitrogen and oxygen atoms in total. The number of carbonyl (C=O) groups excluding carboxylic acids is 1. The predicted molar refractivity (Wildman–Crippen MR) is 105 cm³/mol. The number of para-hydroxylation sites is 2. The van der Waals surface area contributed by atoms with Crippen LogP contribution >= 0.6 is 11.8 Å². The van der Waals surface area contributed by atoms with E-state index in [1.54, 1.807) is 17.7 Å². The third-order valence-corrected chi connectivity index (χ3v) is 5.26. The fourth-order valence-corrected chi connectivity index (χ4v) is 3.56. The number of nitrogens with zero attached hydrogens (tertiary/aromatic N) is 5. The lowest BCUT2D eigenvalue weighted by atomic mass is 10.2. The molecule has 146 valence electrons. The largest absolute Gasteiger partial charge is 0.345 e. The van der Waals surface area contributed by atoms with Crippen LogP contribution in [0, 0.1) is 10.1 Å². The highest BCUT2D eigenvalue weighted by molar-refractivity contribution is 7.99. The minimum atomic E-state index is -0.519. The highest BCUT2D eigenvalue weighted by atomic mass is 32.2. The van der Waals surface area contributed by atoms with Crippen LogP contribution in [0.2, 0.25) is 0 Å². The van der Waals surface area contributed by atoms with Crippen LogP contribution in [0.3, 0.4) is 0 Å². The molecular formula is C18H15N7O3S. The maximum Gasteiger partial charge on any atom is 0.284 e. The first-order valence-electron chi connectivity index (χ1n) is 8.53. The molecular weight excluding hydrogens is 394 g/mol. The van der Waals surface area contributed by atoms with Gasteiger partial charge in [-0.05, 0) is 36.0 Å². The second-order valence-electron chi connectivity index (χ2n) is 6.15. The van der Waals surface area contributed by atoms with Crippen molar-refractivity contribution in [2.45, 2.75) is 16.6 Å². The minimum absolute atomic E-state index is 0.172. The van der Waals surface area contributed by atoms with Gasteiger partial charge in [0.05, 0.1) is 27.4 Å². The number of aryl methyl sites for hydroxylation is 1. The molecule has 2 aromatic heterocycles. The van der Waals surface area contributed by atoms with Crippen molar-refractivity contribution in [2.75, 3.05) is 0 Å². The lowest BCUT2D eigenvalue weighted by molar-refractivity contribution is -0.387. The third kappa shape index (κ3) is 3.94. The number of fused-ring (bicyclic) bond motifs is 1. The van der Waals surface area contributed by atoms with E-state index in [-0.39, 0.29) is 17.8 Å². The van der Waals surface area contributed by atoms with Gasteiger partial charge in [-0.25, -0.2) is 4.98 Å². The zero-order chi connectivity index (χ0) is 20.4. The van der Waals surface area contributed by atoms with E-state index in [1.165, 1.54) is 18.5 Å². The first-order valence-corrected chi connectivity index (χ1v) is 9.35. The number of aromatic nitrogens is 5. The summed E-state index contributed by atoms with van der Waals surface area (Å²) >= 11 is 1.11. The van der Waals surface area contributed by atoms with E-state index in [4.69, 9.17) is 0 Å². The van der Waals surface area contributed by atoms with E-state index in [0.29, 0.717) is 15.9 Å². The number of nitro groups is 1. The van der Waals surface area contributed by atoms with Crippen LogP contribution in [0.5, 0.6) is 0 Å². The summed E-state index contributed by atoms with van der Waals surface area (Å²) in [6, 6.07) is 11.9. The summed E-state index contributed by atoms with van der Waals surface area (Å²) in [6.07, 6.45) is 1.51. The first-order chi connectivity index (χ1) is 14.0. The summed E-state index contributed by atoms with van der Waals surface area (Å²) in [7, 11) is 1.74. The fraction of sp³-hybridized carbons (Fsp3) is 0.111. The Balaban J connectivity index is 1.51. The molecule has 0 aliphatic rings. The number of imidazole rings is 1. The van der Waals surface area contributed by atoms with Gasteiger partial charge in [0.2, 0.25) is 0 Å². The summed E-state index contributed by atoms with van der Waals surface area (Å²) < 4.78 is 1.66. The van der Waals surface area contributed by atoms with Crippen LogP contribution in [-0.2, 0) is 13.6 Å². The summed E-state index contributed by atoms with van der Waals surface area (Å²) in [5.74, 6) is 0.173. The number of hydrogen-bond donors (Lipinski definition) is 2. The van der Waals surface area contributed by atoms with Crippen LogP contribution in [0.25, 0.3) is 11.0 Å². The number of amides is 1. The Morgan fingerprint density at radius 2 is 2.14 bits per heavy atom. The molecule has 0 saturated carbocycles. The molecule has 2 heterocycles. The lowest BCUT2D eigenvalue weighted by Crippen LogP contribution is -2.23. The average molecular weight is 409 g/mol. The maximum absolute atomic E-state index is 12.5. The van der Waals surface area contributed by atoms with Crippen LogP contribution in [0.15, 0.2) is 58.8 Å². The highest BCUT2D eigenvalue weighted by Gasteiger charge is 2.20. The molecule has 4 aromatic rings. The Morgan fingerprint density at radius 3 is 2.86 bits per heavy atom. The van der Waals surface area contributed by atoms with Gasteiger partial charge in [-0.15, -0.1) is 10.2 Å². The van der Waals surface area contributed by atoms with Crippen LogP contribution in [0.4, 0.5) is 5.69 Å². The van der Waals surface area contributed by atoms with E-state index in [0.717, 1.165) is 22.8 Å². The Labute approximate surface area is 168 Å². The van der Waals surface area contributed by atoms with Crippen molar-refractivity contribution in [3.8, 4) is 0 Å². The van der Waals surface area contributed by atoms with Gasteiger partial charge in [0.25, 0.3) is 11.6 Å². The van der Waals surface area contributed by atoms with Gasteiger partial charge in [0.15, 0.2) is 5.16 Å². The van der Waals surface area contributed by atoms with E-state index in [2.05, 4.69) is 25.5 Å². The zero-order valence-electron chi connectivity index (χ0n) is 15.2. The fourth-order valence-electron chi connectivity index (χ4n) is 2.71. The molecule has 0 bridgehead atoms. The van der Waals surface area contributed by atoms with Gasteiger partial charge in [0, 0.05) is 18.7 Å². The van der Waals surface area contributed by atoms with Crippen molar-refractivity contribution in [2.24, 2.45) is 7.05 Å². The molecule has 4 rings (SSSR count). The van der Waals surface area contributed by atoms with Gasteiger partial charge in [-0.1, -0.05) is 12.1 Å². The quantitative estimate of drug-likeness (QED) is 0.370. The second kappa shape index (κ2) is 7.72. The number of aromatic amines is 1. The number of benzene rings is 2. The molecule has 11 heteroatoms. The molecule has 0 atom stereocenters. The maximum atomic E-state index is 12.5. The number of carbonyl (C=O) groups is 1. The van der Waals surface area contributed by atoms with Gasteiger partial charge >= 0.3 is 0 Å². The van der Waals surface area contributed by atoms with Crippen molar-refractivity contribution < 1.29 is 9.72 Å². The lowest BCUT2D eigenvalue weighted by Gasteiger charge is -2.06. The third-order valence-electron chi connectivity index (χ3n) is 4.14. The Kier molecular flexibility index (Phi) is 4.96. The van der Waals surface area contributed by atoms with Crippen LogP contribution in [0.1, 0.15) is 16.2 Å². The van der Waals surface area contributed by atoms with E-state index >= 15 is 0 Å². The summed E-state index contributed by atoms with van der Waals surface area (Å²) in [4.78, 5) is 31.3. The molecule has 0 unspecified atom stereocenters. The number of hydrogen-bond acceptors (Lipinski definition) is 7. The normalized spacial score (nSPS) is 10.9. The van der Waals surface area contributed by atoms with Crippen molar-refractivity contribution >= 4 is 34.4 Å².